The van der Waals surface area contributed by atoms with Gasteiger partial charge in [-0.2, -0.15) is 0 Å². The Hall–Kier alpha value is -0.910. The van der Waals surface area contributed by atoms with Crippen molar-refractivity contribution in [3.63, 3.8) is 0 Å². The molecule has 0 aromatic heterocycles. The lowest BCUT2D eigenvalue weighted by Gasteiger charge is -2.46. The molecule has 1 atom stereocenters. The molecule has 124 valence electrons. The van der Waals surface area contributed by atoms with E-state index in [4.69, 9.17) is 10.5 Å². The summed E-state index contributed by atoms with van der Waals surface area (Å²) in [5.74, 6) is -2.98. The molecule has 0 spiro atoms. The molecule has 0 aliphatic carbocycles. The summed E-state index contributed by atoms with van der Waals surface area (Å²) in [6, 6.07) is -1.14. The van der Waals surface area contributed by atoms with Crippen molar-refractivity contribution in [2.75, 3.05) is 13.1 Å². The molecular weight excluding hydrogens is 278 g/mol. The summed E-state index contributed by atoms with van der Waals surface area (Å²) in [4.78, 5) is 13.5. The van der Waals surface area contributed by atoms with E-state index in [0.717, 1.165) is 0 Å². The van der Waals surface area contributed by atoms with Crippen LogP contribution >= 0.6 is 0 Å². The lowest BCUT2D eigenvalue weighted by Crippen LogP contribution is -2.58. The Bertz CT molecular complexity index is 378. The molecule has 21 heavy (non-hydrogen) atoms. The molecule has 0 bridgehead atoms. The fourth-order valence-corrected chi connectivity index (χ4v) is 2.64. The van der Waals surface area contributed by atoms with E-state index < -0.39 is 30.1 Å². The van der Waals surface area contributed by atoms with E-state index in [-0.39, 0.29) is 24.9 Å². The molecule has 0 saturated carbocycles. The van der Waals surface area contributed by atoms with Gasteiger partial charge in [-0.3, -0.25) is 4.90 Å². The van der Waals surface area contributed by atoms with Crippen molar-refractivity contribution in [1.29, 1.82) is 0 Å². The van der Waals surface area contributed by atoms with E-state index >= 15 is 0 Å². The minimum absolute atomic E-state index is 0.102. The number of nitrogens with two attached hydrogens (primary N) is 1. The molecule has 1 fully saturated rings. The number of halogens is 2. The zero-order valence-corrected chi connectivity index (χ0v) is 13.7. The van der Waals surface area contributed by atoms with Crippen molar-refractivity contribution in [1.82, 2.24) is 4.90 Å². The molecule has 2 N–H and O–H groups in total. The topological polar surface area (TPSA) is 55.6 Å². The van der Waals surface area contributed by atoms with Gasteiger partial charge in [-0.05, 0) is 45.6 Å². The van der Waals surface area contributed by atoms with Gasteiger partial charge >= 0.3 is 6.09 Å². The van der Waals surface area contributed by atoms with E-state index in [1.165, 1.54) is 4.90 Å². The lowest BCUT2D eigenvalue weighted by molar-refractivity contribution is -0.113. The molecule has 1 amide bonds. The maximum atomic E-state index is 14.3. The molecule has 1 aliphatic heterocycles. The number of amides is 1. The van der Waals surface area contributed by atoms with Crippen LogP contribution in [-0.4, -0.2) is 41.6 Å². The second-order valence-corrected chi connectivity index (χ2v) is 7.63. The van der Waals surface area contributed by atoms with Gasteiger partial charge in [0, 0.05) is 13.0 Å². The van der Waals surface area contributed by atoms with Gasteiger partial charge in [-0.1, -0.05) is 13.8 Å². The maximum Gasteiger partial charge on any atom is 0.410 e. The maximum absolute atomic E-state index is 14.3. The zero-order chi connectivity index (χ0) is 16.5. The fraction of sp³-hybridized carbons (Fsp3) is 0.933. The van der Waals surface area contributed by atoms with Gasteiger partial charge in [-0.15, -0.1) is 0 Å². The van der Waals surface area contributed by atoms with Crippen LogP contribution in [0.4, 0.5) is 13.6 Å². The fourth-order valence-electron chi connectivity index (χ4n) is 2.64. The summed E-state index contributed by atoms with van der Waals surface area (Å²) < 4.78 is 33.8. The third-order valence-electron chi connectivity index (χ3n) is 3.66. The van der Waals surface area contributed by atoms with Gasteiger partial charge in [0.05, 0.1) is 6.04 Å². The molecule has 1 rings (SSSR count). The number of nitrogens with zero attached hydrogens (tertiary/aromatic N) is 1. The van der Waals surface area contributed by atoms with E-state index in [2.05, 4.69) is 0 Å². The zero-order valence-electron chi connectivity index (χ0n) is 13.7. The summed E-state index contributed by atoms with van der Waals surface area (Å²) in [7, 11) is 0. The van der Waals surface area contributed by atoms with Gasteiger partial charge in [0.2, 0.25) is 0 Å². The molecule has 6 heteroatoms. The number of hydrogen-bond acceptors (Lipinski definition) is 3. The largest absolute Gasteiger partial charge is 0.444 e. The summed E-state index contributed by atoms with van der Waals surface area (Å²) >= 11 is 0. The molecule has 1 saturated heterocycles. The first-order valence-electron chi connectivity index (χ1n) is 7.45. The number of carbonyl (C=O) groups is 1. The Morgan fingerprint density at radius 2 is 1.95 bits per heavy atom. The predicted molar refractivity (Wildman–Crippen MR) is 78.4 cm³/mol. The molecule has 0 aromatic rings. The van der Waals surface area contributed by atoms with Gasteiger partial charge in [0.15, 0.2) is 0 Å². The van der Waals surface area contributed by atoms with Gasteiger partial charge < -0.3 is 10.5 Å². The highest BCUT2D eigenvalue weighted by atomic mass is 19.3. The number of alkyl halides is 2. The molecule has 1 unspecified atom stereocenters. The van der Waals surface area contributed by atoms with Crippen molar-refractivity contribution < 1.29 is 18.3 Å². The molecule has 0 aromatic carbocycles. The Labute approximate surface area is 126 Å². The monoisotopic (exact) mass is 306 g/mol. The van der Waals surface area contributed by atoms with Crippen LogP contribution in [0.25, 0.3) is 0 Å². The summed E-state index contributed by atoms with van der Waals surface area (Å²) in [5, 5.41) is 0. The van der Waals surface area contributed by atoms with Crippen LogP contribution < -0.4 is 5.73 Å². The van der Waals surface area contributed by atoms with Gasteiger partial charge in [-0.25, -0.2) is 13.6 Å². The first-order valence-corrected chi connectivity index (χ1v) is 7.45. The highest BCUT2D eigenvalue weighted by Gasteiger charge is 2.49. The van der Waals surface area contributed by atoms with Crippen LogP contribution in [0.2, 0.25) is 0 Å². The number of hydrogen-bond donors (Lipinski definition) is 1. The second-order valence-electron chi connectivity index (χ2n) is 7.63. The van der Waals surface area contributed by atoms with Crippen molar-refractivity contribution in [3.8, 4) is 0 Å². The van der Waals surface area contributed by atoms with E-state index in [0.29, 0.717) is 6.42 Å². The number of carbonyl (C=O) groups excluding carboxylic acids is 1. The van der Waals surface area contributed by atoms with Crippen LogP contribution in [0.15, 0.2) is 0 Å². The second kappa shape index (κ2) is 6.07. The van der Waals surface area contributed by atoms with Crippen molar-refractivity contribution in [3.05, 3.63) is 0 Å². The van der Waals surface area contributed by atoms with E-state index in [1.54, 1.807) is 20.8 Å². The standard InChI is InChI=1S/C15H28F2N2O2/c1-13(2,3)21-12(20)19-10-14(4,5)7-6-11(19)15(16,17)8-9-18/h11H,6-10,18H2,1-5H3. The number of ether oxygens (including phenoxy) is 1. The van der Waals surface area contributed by atoms with Gasteiger partial charge in [0.1, 0.15) is 5.60 Å². The normalized spacial score (nSPS) is 23.0. The van der Waals surface area contributed by atoms with Crippen molar-refractivity contribution in [2.24, 2.45) is 11.1 Å². The first kappa shape index (κ1) is 18.1. The minimum Gasteiger partial charge on any atom is -0.444 e. The predicted octanol–water partition coefficient (Wildman–Crippen LogP) is 3.40. The Balaban J connectivity index is 2.97. The molecule has 1 aliphatic rings. The minimum atomic E-state index is -2.98. The third-order valence-corrected chi connectivity index (χ3v) is 3.66. The number of piperidine rings is 1. The van der Waals surface area contributed by atoms with E-state index in [9.17, 15) is 13.6 Å². The average Bonchev–Trinajstić information content (AvgIpc) is 2.24. The number of likely N-dealkylation sites (tertiary alicyclic amines) is 1. The highest BCUT2D eigenvalue weighted by molar-refractivity contribution is 5.69. The third kappa shape index (κ3) is 5.09. The van der Waals surface area contributed by atoms with E-state index in [1.807, 2.05) is 13.8 Å². The highest BCUT2D eigenvalue weighted by Crippen LogP contribution is 2.40. The summed E-state index contributed by atoms with van der Waals surface area (Å²) in [6.45, 7) is 9.30. The molecule has 0 radical (unpaired) electrons. The Morgan fingerprint density at radius 3 is 2.43 bits per heavy atom. The number of rotatable bonds is 3. The molecular formula is C15H28F2N2O2. The van der Waals surface area contributed by atoms with Crippen LogP contribution in [0.3, 0.4) is 0 Å². The van der Waals surface area contributed by atoms with Crippen LogP contribution in [0.1, 0.15) is 53.9 Å². The smallest absolute Gasteiger partial charge is 0.410 e. The van der Waals surface area contributed by atoms with Crippen LogP contribution in [0.5, 0.6) is 0 Å². The SMILES string of the molecule is CC1(C)CCC(C(F)(F)CCN)N(C(=O)OC(C)(C)C)C1. The van der Waals surface area contributed by atoms with Gasteiger partial charge in [0.25, 0.3) is 5.92 Å². The molecule has 4 nitrogen and oxygen atoms in total. The van der Waals surface area contributed by atoms with Crippen molar-refractivity contribution in [2.45, 2.75) is 71.4 Å². The Morgan fingerprint density at radius 1 is 1.38 bits per heavy atom. The Kier molecular flexibility index (Phi) is 5.24. The molecule has 1 heterocycles. The van der Waals surface area contributed by atoms with Crippen LogP contribution in [0, 0.1) is 5.41 Å². The lowest BCUT2D eigenvalue weighted by atomic mass is 9.79. The van der Waals surface area contributed by atoms with Crippen LogP contribution in [-0.2, 0) is 4.74 Å². The summed E-state index contributed by atoms with van der Waals surface area (Å²) in [5.41, 5.74) is 4.39. The van der Waals surface area contributed by atoms with Crippen molar-refractivity contribution >= 4 is 6.09 Å². The average molecular weight is 306 g/mol. The summed E-state index contributed by atoms with van der Waals surface area (Å²) in [6.07, 6.45) is -0.176. The first-order chi connectivity index (χ1) is 9.38. The quantitative estimate of drug-likeness (QED) is 0.869.